The van der Waals surface area contributed by atoms with Gasteiger partial charge >= 0.3 is 0 Å². The van der Waals surface area contributed by atoms with Crippen LogP contribution >= 0.6 is 0 Å². The lowest BCUT2D eigenvalue weighted by Gasteiger charge is -2.24. The number of ether oxygens (including phenoxy) is 1. The average molecular weight is 330 g/mol. The van der Waals surface area contributed by atoms with E-state index in [-0.39, 0.29) is 0 Å². The zero-order chi connectivity index (χ0) is 16.9. The summed E-state index contributed by atoms with van der Waals surface area (Å²) >= 11 is 0. The maximum Gasteiger partial charge on any atom is 0.219 e. The molecule has 3 heteroatoms. The highest BCUT2D eigenvalue weighted by atomic mass is 16.5. The third-order valence-electron chi connectivity index (χ3n) is 4.70. The van der Waals surface area contributed by atoms with E-state index in [4.69, 9.17) is 4.74 Å². The SMILES string of the molecule is c1ccc(CN2CCC[C@H]2c2ccc(Oc3ccccc3)nc2)cc1. The van der Waals surface area contributed by atoms with Gasteiger partial charge in [0.05, 0.1) is 0 Å². The third kappa shape index (κ3) is 3.89. The highest BCUT2D eigenvalue weighted by Gasteiger charge is 2.26. The van der Waals surface area contributed by atoms with E-state index in [1.807, 2.05) is 42.6 Å². The van der Waals surface area contributed by atoms with Gasteiger partial charge in [-0.15, -0.1) is 0 Å². The van der Waals surface area contributed by atoms with Crippen LogP contribution in [-0.4, -0.2) is 16.4 Å². The van der Waals surface area contributed by atoms with Crippen molar-refractivity contribution in [2.24, 2.45) is 0 Å². The monoisotopic (exact) mass is 330 g/mol. The maximum absolute atomic E-state index is 5.79. The molecular weight excluding hydrogens is 308 g/mol. The fourth-order valence-electron chi connectivity index (χ4n) is 3.47. The molecule has 0 N–H and O–H groups in total. The number of hydrogen-bond acceptors (Lipinski definition) is 3. The lowest BCUT2D eigenvalue weighted by molar-refractivity contribution is 0.248. The first-order valence-corrected chi connectivity index (χ1v) is 8.85. The molecule has 3 nitrogen and oxygen atoms in total. The number of para-hydroxylation sites is 1. The molecule has 1 aliphatic heterocycles. The van der Waals surface area contributed by atoms with Crippen molar-refractivity contribution in [3.05, 3.63) is 90.1 Å². The summed E-state index contributed by atoms with van der Waals surface area (Å²) < 4.78 is 5.79. The minimum atomic E-state index is 0.443. The van der Waals surface area contributed by atoms with Crippen LogP contribution in [-0.2, 0) is 6.54 Å². The molecule has 1 aromatic heterocycles. The fourth-order valence-corrected chi connectivity index (χ4v) is 3.47. The van der Waals surface area contributed by atoms with Crippen LogP contribution < -0.4 is 4.74 Å². The van der Waals surface area contributed by atoms with E-state index in [0.29, 0.717) is 11.9 Å². The number of pyridine rings is 1. The molecule has 1 saturated heterocycles. The second-order valence-electron chi connectivity index (χ2n) is 6.46. The molecule has 0 radical (unpaired) electrons. The van der Waals surface area contributed by atoms with Crippen LogP contribution in [0.5, 0.6) is 11.6 Å². The van der Waals surface area contributed by atoms with Gasteiger partial charge in [0.25, 0.3) is 0 Å². The number of benzene rings is 2. The van der Waals surface area contributed by atoms with Crippen molar-refractivity contribution in [1.29, 1.82) is 0 Å². The van der Waals surface area contributed by atoms with E-state index in [0.717, 1.165) is 18.8 Å². The molecule has 0 spiro atoms. The largest absolute Gasteiger partial charge is 0.439 e. The van der Waals surface area contributed by atoms with Gasteiger partial charge in [-0.1, -0.05) is 54.6 Å². The van der Waals surface area contributed by atoms with Crippen molar-refractivity contribution in [1.82, 2.24) is 9.88 Å². The molecule has 25 heavy (non-hydrogen) atoms. The first-order valence-electron chi connectivity index (χ1n) is 8.85. The molecule has 0 aliphatic carbocycles. The quantitative estimate of drug-likeness (QED) is 0.642. The van der Waals surface area contributed by atoms with Gasteiger partial charge in [-0.25, -0.2) is 4.98 Å². The molecule has 2 aromatic carbocycles. The van der Waals surface area contributed by atoms with E-state index in [1.54, 1.807) is 0 Å². The Morgan fingerprint density at radius 2 is 1.68 bits per heavy atom. The summed E-state index contributed by atoms with van der Waals surface area (Å²) in [6.07, 6.45) is 4.39. The number of likely N-dealkylation sites (tertiary alicyclic amines) is 1. The van der Waals surface area contributed by atoms with Crippen LogP contribution in [0.2, 0.25) is 0 Å². The standard InChI is InChI=1S/C22H22N2O/c1-3-8-18(9-4-1)17-24-15-7-12-21(24)19-13-14-22(23-16-19)25-20-10-5-2-6-11-20/h1-6,8-11,13-14,16,21H,7,12,15,17H2/t21-/m0/s1. The van der Waals surface area contributed by atoms with Gasteiger partial charge in [-0.3, -0.25) is 4.90 Å². The zero-order valence-corrected chi connectivity index (χ0v) is 14.2. The number of aromatic nitrogens is 1. The topological polar surface area (TPSA) is 25.4 Å². The first-order chi connectivity index (χ1) is 12.4. The molecule has 0 saturated carbocycles. The lowest BCUT2D eigenvalue weighted by Crippen LogP contribution is -2.22. The van der Waals surface area contributed by atoms with Crippen molar-refractivity contribution < 1.29 is 4.74 Å². The Bertz CT molecular complexity index is 787. The van der Waals surface area contributed by atoms with E-state index in [9.17, 15) is 0 Å². The molecule has 1 atom stereocenters. The molecular formula is C22H22N2O. The summed E-state index contributed by atoms with van der Waals surface area (Å²) in [7, 11) is 0. The predicted octanol–water partition coefficient (Wildman–Crippen LogP) is 5.21. The molecule has 0 bridgehead atoms. The molecule has 1 fully saturated rings. The normalized spacial score (nSPS) is 17.5. The smallest absolute Gasteiger partial charge is 0.219 e. The Morgan fingerprint density at radius 3 is 2.40 bits per heavy atom. The fraction of sp³-hybridized carbons (Fsp3) is 0.227. The molecule has 4 rings (SSSR count). The van der Waals surface area contributed by atoms with E-state index < -0.39 is 0 Å². The Kier molecular flexibility index (Phi) is 4.75. The van der Waals surface area contributed by atoms with E-state index >= 15 is 0 Å². The Balaban J connectivity index is 1.45. The molecule has 2 heterocycles. The Morgan fingerprint density at radius 1 is 0.920 bits per heavy atom. The van der Waals surface area contributed by atoms with Crippen molar-refractivity contribution in [3.8, 4) is 11.6 Å². The molecule has 0 unspecified atom stereocenters. The van der Waals surface area contributed by atoms with Crippen LogP contribution in [0, 0.1) is 0 Å². The Labute approximate surface area is 148 Å². The van der Waals surface area contributed by atoms with Crippen LogP contribution in [0.4, 0.5) is 0 Å². The average Bonchev–Trinajstić information content (AvgIpc) is 3.12. The number of rotatable bonds is 5. The van der Waals surface area contributed by atoms with Gasteiger partial charge < -0.3 is 4.74 Å². The van der Waals surface area contributed by atoms with Crippen molar-refractivity contribution in [2.75, 3.05) is 6.54 Å². The number of nitrogens with zero attached hydrogens (tertiary/aromatic N) is 2. The second kappa shape index (κ2) is 7.49. The highest BCUT2D eigenvalue weighted by molar-refractivity contribution is 5.28. The van der Waals surface area contributed by atoms with Gasteiger partial charge in [0.1, 0.15) is 5.75 Å². The zero-order valence-electron chi connectivity index (χ0n) is 14.2. The van der Waals surface area contributed by atoms with E-state index in [2.05, 4.69) is 46.3 Å². The van der Waals surface area contributed by atoms with Gasteiger partial charge in [-0.2, -0.15) is 0 Å². The number of hydrogen-bond donors (Lipinski definition) is 0. The van der Waals surface area contributed by atoms with Gasteiger partial charge in [-0.05, 0) is 42.6 Å². The van der Waals surface area contributed by atoms with Crippen molar-refractivity contribution >= 4 is 0 Å². The summed E-state index contributed by atoms with van der Waals surface area (Å²) in [6.45, 7) is 2.13. The molecule has 1 aliphatic rings. The minimum absolute atomic E-state index is 0.443. The van der Waals surface area contributed by atoms with Gasteiger partial charge in [0.15, 0.2) is 0 Å². The molecule has 3 aromatic rings. The summed E-state index contributed by atoms with van der Waals surface area (Å²) in [4.78, 5) is 7.06. The first kappa shape index (κ1) is 15.9. The Hall–Kier alpha value is -2.65. The second-order valence-corrected chi connectivity index (χ2v) is 6.46. The summed E-state index contributed by atoms with van der Waals surface area (Å²) in [6, 6.07) is 25.0. The van der Waals surface area contributed by atoms with Crippen molar-refractivity contribution in [3.63, 3.8) is 0 Å². The molecule has 0 amide bonds. The van der Waals surface area contributed by atoms with Gasteiger partial charge in [0.2, 0.25) is 5.88 Å². The third-order valence-corrected chi connectivity index (χ3v) is 4.70. The van der Waals surface area contributed by atoms with Crippen LogP contribution in [0.15, 0.2) is 79.0 Å². The van der Waals surface area contributed by atoms with Crippen LogP contribution in [0.25, 0.3) is 0 Å². The van der Waals surface area contributed by atoms with Crippen LogP contribution in [0.3, 0.4) is 0 Å². The lowest BCUT2D eigenvalue weighted by atomic mass is 10.1. The predicted molar refractivity (Wildman–Crippen MR) is 99.6 cm³/mol. The minimum Gasteiger partial charge on any atom is -0.439 e. The highest BCUT2D eigenvalue weighted by Crippen LogP contribution is 2.33. The van der Waals surface area contributed by atoms with Crippen LogP contribution in [0.1, 0.15) is 30.0 Å². The summed E-state index contributed by atoms with van der Waals surface area (Å²) in [5.74, 6) is 1.46. The van der Waals surface area contributed by atoms with Crippen molar-refractivity contribution in [2.45, 2.75) is 25.4 Å². The maximum atomic E-state index is 5.79. The molecule has 126 valence electrons. The summed E-state index contributed by atoms with van der Waals surface area (Å²) in [5.41, 5.74) is 2.64. The summed E-state index contributed by atoms with van der Waals surface area (Å²) in [5, 5.41) is 0. The van der Waals surface area contributed by atoms with Gasteiger partial charge in [0, 0.05) is 24.8 Å². The van der Waals surface area contributed by atoms with E-state index in [1.165, 1.54) is 24.0 Å².